The smallest absolute Gasteiger partial charge is 0.274 e. The number of rotatable bonds is 6. The summed E-state index contributed by atoms with van der Waals surface area (Å²) in [7, 11) is 1.53. The van der Waals surface area contributed by atoms with Crippen LogP contribution in [0.2, 0.25) is 0 Å². The van der Waals surface area contributed by atoms with Gasteiger partial charge in [0.05, 0.1) is 12.8 Å². The Labute approximate surface area is 156 Å². The summed E-state index contributed by atoms with van der Waals surface area (Å²) in [6.07, 6.45) is 0. The van der Waals surface area contributed by atoms with Crippen molar-refractivity contribution >= 4 is 17.4 Å². The second-order valence-electron chi connectivity index (χ2n) is 5.79. The van der Waals surface area contributed by atoms with Gasteiger partial charge in [0.25, 0.3) is 5.91 Å². The van der Waals surface area contributed by atoms with Crippen LogP contribution in [0.1, 0.15) is 21.9 Å². The Balaban J connectivity index is 1.76. The van der Waals surface area contributed by atoms with Crippen molar-refractivity contribution in [3.63, 3.8) is 0 Å². The van der Waals surface area contributed by atoms with Crippen molar-refractivity contribution in [2.24, 2.45) is 0 Å². The highest BCUT2D eigenvalue weighted by Gasteiger charge is 2.13. The largest absolute Gasteiger partial charge is 0.495 e. The highest BCUT2D eigenvalue weighted by atomic mass is 19.1. The van der Waals surface area contributed by atoms with Gasteiger partial charge in [-0.1, -0.05) is 30.3 Å². The van der Waals surface area contributed by atoms with E-state index < -0.39 is 0 Å². The molecule has 1 amide bonds. The third-order valence-corrected chi connectivity index (χ3v) is 3.84. The van der Waals surface area contributed by atoms with Crippen molar-refractivity contribution in [3.05, 3.63) is 77.5 Å². The van der Waals surface area contributed by atoms with Gasteiger partial charge >= 0.3 is 0 Å². The Morgan fingerprint density at radius 3 is 2.63 bits per heavy atom. The standard InChI is InChI=1S/C20H19FN4O2/c1-13-23-17(20(26)25-16-9-5-6-10-18(16)27-2)11-19(24-13)22-12-14-7-3-4-8-15(14)21/h3-11H,12H2,1-2H3,(H,25,26)(H,22,23,24). The molecule has 138 valence electrons. The van der Waals surface area contributed by atoms with Gasteiger partial charge in [-0.05, 0) is 25.1 Å². The van der Waals surface area contributed by atoms with Gasteiger partial charge in [0.2, 0.25) is 0 Å². The van der Waals surface area contributed by atoms with Crippen molar-refractivity contribution in [1.82, 2.24) is 9.97 Å². The molecule has 27 heavy (non-hydrogen) atoms. The van der Waals surface area contributed by atoms with Crippen molar-refractivity contribution in [2.75, 3.05) is 17.7 Å². The molecule has 0 aliphatic heterocycles. The second-order valence-corrected chi connectivity index (χ2v) is 5.79. The summed E-state index contributed by atoms with van der Waals surface area (Å²) in [6, 6.07) is 15.1. The lowest BCUT2D eigenvalue weighted by molar-refractivity contribution is 0.102. The fourth-order valence-electron chi connectivity index (χ4n) is 2.54. The minimum absolute atomic E-state index is 0.199. The van der Waals surface area contributed by atoms with E-state index in [0.717, 1.165) is 0 Å². The average Bonchev–Trinajstić information content (AvgIpc) is 2.67. The third-order valence-electron chi connectivity index (χ3n) is 3.84. The Kier molecular flexibility index (Phi) is 5.61. The summed E-state index contributed by atoms with van der Waals surface area (Å²) in [5.41, 5.74) is 1.25. The Morgan fingerprint density at radius 2 is 1.85 bits per heavy atom. The first-order valence-corrected chi connectivity index (χ1v) is 8.34. The van der Waals surface area contributed by atoms with Crippen molar-refractivity contribution in [2.45, 2.75) is 13.5 Å². The maximum Gasteiger partial charge on any atom is 0.274 e. The summed E-state index contributed by atoms with van der Waals surface area (Å²) in [5, 5.41) is 5.80. The number of carbonyl (C=O) groups excluding carboxylic acids is 1. The van der Waals surface area contributed by atoms with Crippen LogP contribution >= 0.6 is 0 Å². The minimum atomic E-state index is -0.390. The molecular formula is C20H19FN4O2. The molecule has 0 saturated heterocycles. The fourth-order valence-corrected chi connectivity index (χ4v) is 2.54. The molecular weight excluding hydrogens is 347 g/mol. The zero-order valence-corrected chi connectivity index (χ0v) is 15.0. The molecule has 1 heterocycles. The number of nitrogens with one attached hydrogen (secondary N) is 2. The molecule has 0 aliphatic rings. The number of halogens is 1. The molecule has 2 aromatic carbocycles. The summed E-state index contributed by atoms with van der Waals surface area (Å²) in [5.74, 6) is 0.730. The fraction of sp³-hybridized carbons (Fsp3) is 0.150. The van der Waals surface area contributed by atoms with E-state index in [0.29, 0.717) is 28.6 Å². The second kappa shape index (κ2) is 8.27. The molecule has 7 heteroatoms. The number of para-hydroxylation sites is 2. The molecule has 0 bridgehead atoms. The number of aryl methyl sites for hydroxylation is 1. The number of carbonyl (C=O) groups is 1. The summed E-state index contributed by atoms with van der Waals surface area (Å²) in [6.45, 7) is 1.94. The van der Waals surface area contributed by atoms with E-state index in [1.54, 1.807) is 43.3 Å². The molecule has 0 saturated carbocycles. The number of benzene rings is 2. The quantitative estimate of drug-likeness (QED) is 0.694. The van der Waals surface area contributed by atoms with E-state index in [1.165, 1.54) is 19.2 Å². The molecule has 2 N–H and O–H groups in total. The number of amides is 1. The molecule has 0 aliphatic carbocycles. The van der Waals surface area contributed by atoms with E-state index in [-0.39, 0.29) is 24.0 Å². The first-order chi connectivity index (χ1) is 13.1. The van der Waals surface area contributed by atoms with Gasteiger partial charge < -0.3 is 15.4 Å². The van der Waals surface area contributed by atoms with Gasteiger partial charge in [0.1, 0.15) is 28.9 Å². The molecule has 3 rings (SSSR count). The number of anilines is 2. The van der Waals surface area contributed by atoms with Gasteiger partial charge in [-0.3, -0.25) is 4.79 Å². The van der Waals surface area contributed by atoms with Crippen LogP contribution in [0.4, 0.5) is 15.9 Å². The summed E-state index contributed by atoms with van der Waals surface area (Å²) in [4.78, 5) is 21.0. The van der Waals surface area contributed by atoms with Gasteiger partial charge in [0.15, 0.2) is 0 Å². The monoisotopic (exact) mass is 366 g/mol. The van der Waals surface area contributed by atoms with Gasteiger partial charge in [-0.25, -0.2) is 14.4 Å². The SMILES string of the molecule is COc1ccccc1NC(=O)c1cc(NCc2ccccc2F)nc(C)n1. The van der Waals surface area contributed by atoms with Crippen molar-refractivity contribution < 1.29 is 13.9 Å². The predicted octanol–water partition coefficient (Wildman–Crippen LogP) is 3.80. The molecule has 0 radical (unpaired) electrons. The molecule has 0 unspecified atom stereocenters. The topological polar surface area (TPSA) is 76.1 Å². The Morgan fingerprint density at radius 1 is 1.11 bits per heavy atom. The van der Waals surface area contributed by atoms with E-state index in [4.69, 9.17) is 4.74 Å². The molecule has 0 spiro atoms. The van der Waals surface area contributed by atoms with Crippen molar-refractivity contribution in [3.8, 4) is 5.75 Å². The molecule has 0 atom stereocenters. The number of ether oxygens (including phenoxy) is 1. The van der Waals surface area contributed by atoms with Crippen LogP contribution in [-0.4, -0.2) is 23.0 Å². The zero-order chi connectivity index (χ0) is 19.2. The lowest BCUT2D eigenvalue weighted by Crippen LogP contribution is -2.16. The molecule has 3 aromatic rings. The van der Waals surface area contributed by atoms with E-state index in [9.17, 15) is 9.18 Å². The van der Waals surface area contributed by atoms with Gasteiger partial charge in [-0.15, -0.1) is 0 Å². The summed E-state index contributed by atoms with van der Waals surface area (Å²) < 4.78 is 19.0. The molecule has 0 fully saturated rings. The molecule has 6 nitrogen and oxygen atoms in total. The minimum Gasteiger partial charge on any atom is -0.495 e. The molecule has 1 aromatic heterocycles. The van der Waals surface area contributed by atoms with Crippen LogP contribution in [-0.2, 0) is 6.54 Å². The van der Waals surface area contributed by atoms with Crippen LogP contribution in [0.5, 0.6) is 5.75 Å². The van der Waals surface area contributed by atoms with E-state index in [1.807, 2.05) is 6.07 Å². The van der Waals surface area contributed by atoms with Crippen molar-refractivity contribution in [1.29, 1.82) is 0 Å². The highest BCUT2D eigenvalue weighted by molar-refractivity contribution is 6.04. The number of hydrogen-bond donors (Lipinski definition) is 2. The van der Waals surface area contributed by atoms with Crippen LogP contribution in [0.15, 0.2) is 54.6 Å². The first-order valence-electron chi connectivity index (χ1n) is 8.34. The predicted molar refractivity (Wildman–Crippen MR) is 101 cm³/mol. The normalized spacial score (nSPS) is 10.3. The maximum atomic E-state index is 13.7. The maximum absolute atomic E-state index is 13.7. The Hall–Kier alpha value is -3.48. The highest BCUT2D eigenvalue weighted by Crippen LogP contribution is 2.23. The average molecular weight is 366 g/mol. The number of nitrogens with zero attached hydrogens (tertiary/aromatic N) is 2. The third kappa shape index (κ3) is 4.58. The van der Waals surface area contributed by atoms with Crippen LogP contribution < -0.4 is 15.4 Å². The van der Waals surface area contributed by atoms with Gasteiger partial charge in [0, 0.05) is 18.2 Å². The zero-order valence-electron chi connectivity index (χ0n) is 15.0. The first kappa shape index (κ1) is 18.3. The van der Waals surface area contributed by atoms with E-state index >= 15 is 0 Å². The summed E-state index contributed by atoms with van der Waals surface area (Å²) >= 11 is 0. The van der Waals surface area contributed by atoms with Crippen LogP contribution in [0.25, 0.3) is 0 Å². The lowest BCUT2D eigenvalue weighted by Gasteiger charge is -2.11. The number of aromatic nitrogens is 2. The van der Waals surface area contributed by atoms with Crippen LogP contribution in [0.3, 0.4) is 0 Å². The van der Waals surface area contributed by atoms with Crippen LogP contribution in [0, 0.1) is 12.7 Å². The number of methoxy groups -OCH3 is 1. The Bertz CT molecular complexity index is 962. The van der Waals surface area contributed by atoms with E-state index in [2.05, 4.69) is 20.6 Å². The van der Waals surface area contributed by atoms with Gasteiger partial charge in [-0.2, -0.15) is 0 Å². The number of hydrogen-bond acceptors (Lipinski definition) is 5. The lowest BCUT2D eigenvalue weighted by atomic mass is 10.2.